The molecule has 0 saturated carbocycles. The molecule has 1 heterocycles. The van der Waals surface area contributed by atoms with Crippen molar-refractivity contribution in [2.75, 3.05) is 0 Å². The number of nitrogens with one attached hydrogen (secondary N) is 1. The fourth-order valence-electron chi connectivity index (χ4n) is 2.17. The van der Waals surface area contributed by atoms with E-state index in [-0.39, 0.29) is 25.0 Å². The van der Waals surface area contributed by atoms with Gasteiger partial charge in [-0.05, 0) is 18.4 Å². The Morgan fingerprint density at radius 2 is 2.00 bits per heavy atom. The Morgan fingerprint density at radius 1 is 1.26 bits per heavy atom. The number of benzene rings is 1. The normalized spacial score (nSPS) is 22.1. The highest BCUT2D eigenvalue weighted by Crippen LogP contribution is 2.16. The van der Waals surface area contributed by atoms with Crippen LogP contribution in [0.1, 0.15) is 24.8 Å². The van der Waals surface area contributed by atoms with Gasteiger partial charge in [0, 0.05) is 6.04 Å². The lowest BCUT2D eigenvalue weighted by atomic mass is 10.1. The van der Waals surface area contributed by atoms with Crippen LogP contribution < -0.4 is 5.32 Å². The van der Waals surface area contributed by atoms with E-state index in [4.69, 9.17) is 9.84 Å². The number of hydrogen-bond acceptors (Lipinski definition) is 4. The van der Waals surface area contributed by atoms with Crippen molar-refractivity contribution >= 4 is 11.9 Å². The molecule has 0 bridgehead atoms. The topological polar surface area (TPSA) is 75.6 Å². The first-order valence-electron chi connectivity index (χ1n) is 6.33. The Hall–Kier alpha value is -1.88. The van der Waals surface area contributed by atoms with Gasteiger partial charge in [0.15, 0.2) is 0 Å². The molecule has 0 aliphatic carbocycles. The third-order valence-corrected chi connectivity index (χ3v) is 3.19. The molecule has 1 fully saturated rings. The van der Waals surface area contributed by atoms with Crippen molar-refractivity contribution in [1.82, 2.24) is 5.32 Å². The molecule has 0 spiro atoms. The highest BCUT2D eigenvalue weighted by Gasteiger charge is 2.30. The smallest absolute Gasteiger partial charge is 0.320 e. The summed E-state index contributed by atoms with van der Waals surface area (Å²) >= 11 is 0. The van der Waals surface area contributed by atoms with Crippen molar-refractivity contribution in [3.8, 4) is 0 Å². The predicted octanol–water partition coefficient (Wildman–Crippen LogP) is 1.33. The van der Waals surface area contributed by atoms with Crippen LogP contribution in [0.4, 0.5) is 0 Å². The minimum atomic E-state index is -0.861. The Labute approximate surface area is 111 Å². The molecule has 1 aliphatic rings. The summed E-state index contributed by atoms with van der Waals surface area (Å²) in [5, 5.41) is 11.8. The maximum Gasteiger partial charge on any atom is 0.320 e. The van der Waals surface area contributed by atoms with Gasteiger partial charge in [-0.3, -0.25) is 9.59 Å². The Bertz CT molecular complexity index is 446. The molecular weight excluding hydrogens is 246 g/mol. The number of carboxylic acid groups (broad SMARTS) is 1. The predicted molar refractivity (Wildman–Crippen MR) is 68.4 cm³/mol. The lowest BCUT2D eigenvalue weighted by Gasteiger charge is -2.11. The molecule has 1 aromatic carbocycles. The molecule has 0 amide bonds. The number of carbonyl (C=O) groups is 2. The molecule has 2 rings (SSSR count). The Balaban J connectivity index is 1.72. The van der Waals surface area contributed by atoms with E-state index < -0.39 is 12.0 Å². The lowest BCUT2D eigenvalue weighted by Crippen LogP contribution is -2.36. The zero-order chi connectivity index (χ0) is 13.7. The first-order valence-corrected chi connectivity index (χ1v) is 6.33. The fraction of sp³-hybridized carbons (Fsp3) is 0.429. The van der Waals surface area contributed by atoms with E-state index in [0.717, 1.165) is 5.56 Å². The van der Waals surface area contributed by atoms with Gasteiger partial charge < -0.3 is 15.2 Å². The molecule has 1 aromatic rings. The minimum absolute atomic E-state index is 0.0932. The Morgan fingerprint density at radius 3 is 2.63 bits per heavy atom. The first-order chi connectivity index (χ1) is 9.15. The molecule has 19 heavy (non-hydrogen) atoms. The fourth-order valence-corrected chi connectivity index (χ4v) is 2.17. The maximum atomic E-state index is 11.6. The summed E-state index contributed by atoms with van der Waals surface area (Å²) in [7, 11) is 0. The number of ether oxygens (including phenoxy) is 1. The average Bonchev–Trinajstić information content (AvgIpc) is 2.86. The molecule has 102 valence electrons. The zero-order valence-electron chi connectivity index (χ0n) is 10.5. The van der Waals surface area contributed by atoms with Crippen LogP contribution >= 0.6 is 0 Å². The SMILES string of the molecule is O=C(C[C@H]1CC[C@@H](C(=O)O)N1)OCc1ccccc1. The highest BCUT2D eigenvalue weighted by molar-refractivity contribution is 5.74. The molecule has 2 N–H and O–H groups in total. The van der Waals surface area contributed by atoms with Gasteiger partial charge in [0.25, 0.3) is 0 Å². The molecule has 5 nitrogen and oxygen atoms in total. The lowest BCUT2D eigenvalue weighted by molar-refractivity contribution is -0.146. The monoisotopic (exact) mass is 263 g/mol. The second-order valence-electron chi connectivity index (χ2n) is 4.68. The van der Waals surface area contributed by atoms with Crippen LogP contribution in [-0.2, 0) is 20.9 Å². The van der Waals surface area contributed by atoms with Crippen LogP contribution in [0.5, 0.6) is 0 Å². The van der Waals surface area contributed by atoms with Gasteiger partial charge in [-0.15, -0.1) is 0 Å². The molecule has 5 heteroatoms. The maximum absolute atomic E-state index is 11.6. The van der Waals surface area contributed by atoms with Crippen molar-refractivity contribution in [2.24, 2.45) is 0 Å². The van der Waals surface area contributed by atoms with Crippen molar-refractivity contribution in [2.45, 2.75) is 38.0 Å². The third kappa shape index (κ3) is 4.06. The summed E-state index contributed by atoms with van der Waals surface area (Å²) in [4.78, 5) is 22.4. The molecule has 0 radical (unpaired) electrons. The second-order valence-corrected chi connectivity index (χ2v) is 4.68. The van der Waals surface area contributed by atoms with Crippen LogP contribution in [-0.4, -0.2) is 29.1 Å². The summed E-state index contributed by atoms with van der Waals surface area (Å²) < 4.78 is 5.16. The molecule has 1 aliphatic heterocycles. The van der Waals surface area contributed by atoms with Crippen LogP contribution in [0, 0.1) is 0 Å². The molecule has 1 saturated heterocycles. The summed E-state index contributed by atoms with van der Waals surface area (Å²) in [6, 6.07) is 8.83. The summed E-state index contributed by atoms with van der Waals surface area (Å²) in [6.07, 6.45) is 1.47. The largest absolute Gasteiger partial charge is 0.480 e. The van der Waals surface area contributed by atoms with E-state index >= 15 is 0 Å². The summed E-state index contributed by atoms with van der Waals surface area (Å²) in [5.41, 5.74) is 0.943. The van der Waals surface area contributed by atoms with Gasteiger partial charge in [0.2, 0.25) is 0 Å². The van der Waals surface area contributed by atoms with E-state index in [9.17, 15) is 9.59 Å². The standard InChI is InChI=1S/C14H17NO4/c16-13(19-9-10-4-2-1-3-5-10)8-11-6-7-12(15-11)14(17)18/h1-5,11-12,15H,6-9H2,(H,17,18)/t11-,12+/m1/s1. The Kier molecular flexibility index (Phi) is 4.52. The third-order valence-electron chi connectivity index (χ3n) is 3.19. The van der Waals surface area contributed by atoms with Gasteiger partial charge >= 0.3 is 11.9 Å². The van der Waals surface area contributed by atoms with Crippen LogP contribution in [0.2, 0.25) is 0 Å². The van der Waals surface area contributed by atoms with E-state index in [0.29, 0.717) is 12.8 Å². The van der Waals surface area contributed by atoms with Crippen LogP contribution in [0.25, 0.3) is 0 Å². The van der Waals surface area contributed by atoms with E-state index in [2.05, 4.69) is 5.32 Å². The van der Waals surface area contributed by atoms with Crippen molar-refractivity contribution in [3.63, 3.8) is 0 Å². The first kappa shape index (κ1) is 13.5. The van der Waals surface area contributed by atoms with Crippen LogP contribution in [0.3, 0.4) is 0 Å². The van der Waals surface area contributed by atoms with Crippen molar-refractivity contribution in [3.05, 3.63) is 35.9 Å². The molecule has 0 aromatic heterocycles. The van der Waals surface area contributed by atoms with E-state index in [1.165, 1.54) is 0 Å². The van der Waals surface area contributed by atoms with Gasteiger partial charge in [-0.1, -0.05) is 30.3 Å². The number of rotatable bonds is 5. The number of carbonyl (C=O) groups excluding carboxylic acids is 1. The van der Waals surface area contributed by atoms with Gasteiger partial charge in [-0.25, -0.2) is 0 Å². The highest BCUT2D eigenvalue weighted by atomic mass is 16.5. The number of esters is 1. The van der Waals surface area contributed by atoms with Crippen LogP contribution in [0.15, 0.2) is 30.3 Å². The van der Waals surface area contributed by atoms with E-state index in [1.54, 1.807) is 0 Å². The van der Waals surface area contributed by atoms with Gasteiger partial charge in [0.1, 0.15) is 12.6 Å². The zero-order valence-corrected chi connectivity index (χ0v) is 10.5. The molecule has 0 unspecified atom stereocenters. The van der Waals surface area contributed by atoms with Gasteiger partial charge in [0.05, 0.1) is 6.42 Å². The summed E-state index contributed by atoms with van der Waals surface area (Å²) in [6.45, 7) is 0.259. The van der Waals surface area contributed by atoms with Gasteiger partial charge in [-0.2, -0.15) is 0 Å². The minimum Gasteiger partial charge on any atom is -0.480 e. The average molecular weight is 263 g/mol. The second kappa shape index (κ2) is 6.33. The number of aliphatic carboxylic acids is 1. The quantitative estimate of drug-likeness (QED) is 0.784. The van der Waals surface area contributed by atoms with Crippen molar-refractivity contribution < 1.29 is 19.4 Å². The van der Waals surface area contributed by atoms with Crippen molar-refractivity contribution in [1.29, 1.82) is 0 Å². The number of hydrogen-bond donors (Lipinski definition) is 2. The molecule has 2 atom stereocenters. The molecular formula is C14H17NO4. The summed E-state index contributed by atoms with van der Waals surface area (Å²) in [5.74, 6) is -1.16. The van der Waals surface area contributed by atoms with E-state index in [1.807, 2.05) is 30.3 Å². The number of carboxylic acids is 1.